The van der Waals surface area contributed by atoms with Gasteiger partial charge in [-0.15, -0.1) is 0 Å². The zero-order valence-corrected chi connectivity index (χ0v) is 12.8. The SMILES string of the molecule is CCn1ncc(Cl)c1C(=O)N1CCCC1c1cc(C)no1. The average molecular weight is 309 g/mol. The number of carbonyl (C=O) groups is 1. The van der Waals surface area contributed by atoms with Crippen LogP contribution in [0.15, 0.2) is 16.8 Å². The quantitative estimate of drug-likeness (QED) is 0.874. The topological polar surface area (TPSA) is 64.2 Å². The van der Waals surface area contributed by atoms with E-state index in [9.17, 15) is 4.79 Å². The van der Waals surface area contributed by atoms with Crippen molar-refractivity contribution in [2.24, 2.45) is 0 Å². The van der Waals surface area contributed by atoms with E-state index in [1.165, 1.54) is 6.20 Å². The molecule has 0 radical (unpaired) electrons. The summed E-state index contributed by atoms with van der Waals surface area (Å²) in [6.07, 6.45) is 3.33. The molecule has 1 fully saturated rings. The smallest absolute Gasteiger partial charge is 0.274 e. The number of rotatable bonds is 3. The van der Waals surface area contributed by atoms with Crippen LogP contribution in [0.4, 0.5) is 0 Å². The lowest BCUT2D eigenvalue weighted by molar-refractivity contribution is 0.0702. The van der Waals surface area contributed by atoms with E-state index in [1.807, 2.05) is 19.9 Å². The first kappa shape index (κ1) is 14.1. The van der Waals surface area contributed by atoms with Crippen LogP contribution < -0.4 is 0 Å². The van der Waals surface area contributed by atoms with Crippen LogP contribution in [-0.2, 0) is 6.54 Å². The predicted molar refractivity (Wildman–Crippen MR) is 77.2 cm³/mol. The molecule has 21 heavy (non-hydrogen) atoms. The van der Waals surface area contributed by atoms with Gasteiger partial charge in [-0.05, 0) is 26.7 Å². The lowest BCUT2D eigenvalue weighted by Crippen LogP contribution is -2.32. The normalized spacial score (nSPS) is 18.4. The van der Waals surface area contributed by atoms with Gasteiger partial charge in [-0.2, -0.15) is 5.10 Å². The number of nitrogens with zero attached hydrogens (tertiary/aromatic N) is 4. The van der Waals surface area contributed by atoms with Crippen molar-refractivity contribution in [1.82, 2.24) is 19.8 Å². The van der Waals surface area contributed by atoms with Crippen molar-refractivity contribution in [2.45, 2.75) is 39.3 Å². The molecule has 1 aliphatic heterocycles. The number of hydrogen-bond acceptors (Lipinski definition) is 4. The molecule has 7 heteroatoms. The number of carbonyl (C=O) groups excluding carboxylic acids is 1. The Morgan fingerprint density at radius 3 is 3.05 bits per heavy atom. The van der Waals surface area contributed by atoms with Crippen LogP contribution in [0.2, 0.25) is 5.02 Å². The minimum Gasteiger partial charge on any atom is -0.359 e. The van der Waals surface area contributed by atoms with Crippen molar-refractivity contribution in [3.8, 4) is 0 Å². The fourth-order valence-corrected chi connectivity index (χ4v) is 3.02. The third-order valence-corrected chi connectivity index (χ3v) is 4.06. The second-order valence-corrected chi connectivity index (χ2v) is 5.59. The summed E-state index contributed by atoms with van der Waals surface area (Å²) in [5, 5.41) is 8.43. The van der Waals surface area contributed by atoms with Gasteiger partial charge < -0.3 is 9.42 Å². The maximum absolute atomic E-state index is 12.8. The van der Waals surface area contributed by atoms with Gasteiger partial charge in [0.1, 0.15) is 5.69 Å². The van der Waals surface area contributed by atoms with E-state index in [1.54, 1.807) is 9.58 Å². The van der Waals surface area contributed by atoms with Crippen LogP contribution in [0.3, 0.4) is 0 Å². The minimum atomic E-state index is -0.101. The second-order valence-electron chi connectivity index (χ2n) is 5.18. The van der Waals surface area contributed by atoms with Crippen molar-refractivity contribution in [3.05, 3.63) is 34.4 Å². The van der Waals surface area contributed by atoms with Gasteiger partial charge in [-0.1, -0.05) is 16.8 Å². The van der Waals surface area contributed by atoms with Gasteiger partial charge >= 0.3 is 0 Å². The number of hydrogen-bond donors (Lipinski definition) is 0. The highest BCUT2D eigenvalue weighted by molar-refractivity contribution is 6.33. The van der Waals surface area contributed by atoms with Gasteiger partial charge in [0.15, 0.2) is 5.76 Å². The molecule has 0 bridgehead atoms. The highest BCUT2D eigenvalue weighted by Crippen LogP contribution is 2.34. The molecule has 112 valence electrons. The first-order valence-electron chi connectivity index (χ1n) is 7.07. The first-order chi connectivity index (χ1) is 10.1. The van der Waals surface area contributed by atoms with Crippen LogP contribution in [0.5, 0.6) is 0 Å². The molecule has 1 aliphatic rings. The molecule has 0 aliphatic carbocycles. The van der Waals surface area contributed by atoms with Crippen LogP contribution in [0.1, 0.15) is 47.7 Å². The van der Waals surface area contributed by atoms with E-state index in [4.69, 9.17) is 16.1 Å². The summed E-state index contributed by atoms with van der Waals surface area (Å²) in [6, 6.07) is 1.81. The van der Waals surface area contributed by atoms with Gasteiger partial charge in [0.25, 0.3) is 5.91 Å². The first-order valence-corrected chi connectivity index (χ1v) is 7.45. The highest BCUT2D eigenvalue weighted by atomic mass is 35.5. The van der Waals surface area contributed by atoms with Crippen molar-refractivity contribution in [2.75, 3.05) is 6.54 Å². The van der Waals surface area contributed by atoms with E-state index in [0.29, 0.717) is 23.8 Å². The zero-order chi connectivity index (χ0) is 15.0. The molecule has 2 aromatic rings. The summed E-state index contributed by atoms with van der Waals surface area (Å²) in [5.74, 6) is 0.632. The van der Waals surface area contributed by atoms with E-state index in [0.717, 1.165) is 24.3 Å². The van der Waals surface area contributed by atoms with Crippen molar-refractivity contribution in [3.63, 3.8) is 0 Å². The number of aryl methyl sites for hydroxylation is 2. The number of aromatic nitrogens is 3. The van der Waals surface area contributed by atoms with Crippen molar-refractivity contribution in [1.29, 1.82) is 0 Å². The Morgan fingerprint density at radius 1 is 1.57 bits per heavy atom. The van der Waals surface area contributed by atoms with Gasteiger partial charge in [0.05, 0.1) is 23.0 Å². The summed E-state index contributed by atoms with van der Waals surface area (Å²) in [6.45, 7) is 5.10. The van der Waals surface area contributed by atoms with E-state index >= 15 is 0 Å². The number of halogens is 1. The summed E-state index contributed by atoms with van der Waals surface area (Å²) >= 11 is 6.13. The van der Waals surface area contributed by atoms with Crippen molar-refractivity contribution >= 4 is 17.5 Å². The maximum atomic E-state index is 12.8. The molecular formula is C14H17ClN4O2. The Bertz CT molecular complexity index is 664. The second kappa shape index (κ2) is 5.52. The lowest BCUT2D eigenvalue weighted by atomic mass is 10.1. The molecule has 2 aromatic heterocycles. The molecular weight excluding hydrogens is 292 g/mol. The molecule has 0 saturated carbocycles. The Balaban J connectivity index is 1.91. The zero-order valence-electron chi connectivity index (χ0n) is 12.0. The van der Waals surface area contributed by atoms with E-state index in [-0.39, 0.29) is 11.9 Å². The molecule has 0 spiro atoms. The molecule has 0 aromatic carbocycles. The maximum Gasteiger partial charge on any atom is 0.274 e. The van der Waals surface area contributed by atoms with Crippen LogP contribution in [0, 0.1) is 6.92 Å². The monoisotopic (exact) mass is 308 g/mol. The molecule has 1 saturated heterocycles. The number of amides is 1. The van der Waals surface area contributed by atoms with E-state index in [2.05, 4.69) is 10.3 Å². The third kappa shape index (κ3) is 2.44. The van der Waals surface area contributed by atoms with Gasteiger partial charge in [-0.3, -0.25) is 9.48 Å². The Kier molecular flexibility index (Phi) is 3.71. The standard InChI is InChI=1S/C14H17ClN4O2/c1-3-19-13(10(15)8-16-19)14(20)18-6-4-5-11(18)12-7-9(2)17-21-12/h7-8,11H,3-6H2,1-2H3. The Hall–Kier alpha value is -1.82. The largest absolute Gasteiger partial charge is 0.359 e. The molecule has 6 nitrogen and oxygen atoms in total. The summed E-state index contributed by atoms with van der Waals surface area (Å²) in [7, 11) is 0. The average Bonchev–Trinajstić information content (AvgIpc) is 3.16. The van der Waals surface area contributed by atoms with Crippen LogP contribution >= 0.6 is 11.6 Å². The fourth-order valence-electron chi connectivity index (χ4n) is 2.80. The molecule has 0 N–H and O–H groups in total. The fraction of sp³-hybridized carbons (Fsp3) is 0.500. The minimum absolute atomic E-state index is 0.0741. The predicted octanol–water partition coefficient (Wildman–Crippen LogP) is 2.83. The molecule has 3 heterocycles. The third-order valence-electron chi connectivity index (χ3n) is 3.79. The van der Waals surface area contributed by atoms with Gasteiger partial charge in [-0.25, -0.2) is 0 Å². The van der Waals surface area contributed by atoms with E-state index < -0.39 is 0 Å². The molecule has 1 amide bonds. The van der Waals surface area contributed by atoms with Gasteiger partial charge in [0, 0.05) is 19.2 Å². The Labute approximate surface area is 127 Å². The lowest BCUT2D eigenvalue weighted by Gasteiger charge is -2.23. The summed E-state index contributed by atoms with van der Waals surface area (Å²) < 4.78 is 6.96. The van der Waals surface area contributed by atoms with Crippen LogP contribution in [-0.4, -0.2) is 32.3 Å². The van der Waals surface area contributed by atoms with Gasteiger partial charge in [0.2, 0.25) is 0 Å². The molecule has 1 unspecified atom stereocenters. The summed E-state index contributed by atoms with van der Waals surface area (Å²) in [5.41, 5.74) is 1.27. The summed E-state index contributed by atoms with van der Waals surface area (Å²) in [4.78, 5) is 14.6. The van der Waals surface area contributed by atoms with Crippen LogP contribution in [0.25, 0.3) is 0 Å². The molecule has 3 rings (SSSR count). The molecule has 1 atom stereocenters. The van der Waals surface area contributed by atoms with Crippen molar-refractivity contribution < 1.29 is 9.32 Å². The Morgan fingerprint density at radius 2 is 2.38 bits per heavy atom. The number of likely N-dealkylation sites (tertiary alicyclic amines) is 1. The highest BCUT2D eigenvalue weighted by Gasteiger charge is 2.35.